The number of nitriles is 1. The number of nitrogens with one attached hydrogen (secondary N) is 2. The van der Waals surface area contributed by atoms with E-state index in [1.54, 1.807) is 0 Å². The Hall–Kier alpha value is -3.14. The molecule has 0 bridgehead atoms. The van der Waals surface area contributed by atoms with Crippen molar-refractivity contribution >= 4 is 17.7 Å². The monoisotopic (exact) mass is 419 g/mol. The van der Waals surface area contributed by atoms with Gasteiger partial charge in [0.25, 0.3) is 5.56 Å². The smallest absolute Gasteiger partial charge is 0.258 e. The first-order valence-corrected chi connectivity index (χ1v) is 11.2. The second-order valence-electron chi connectivity index (χ2n) is 8.80. The van der Waals surface area contributed by atoms with Gasteiger partial charge in [0.2, 0.25) is 11.9 Å². The largest absolute Gasteiger partial charge is 0.339 e. The fourth-order valence-corrected chi connectivity index (χ4v) is 4.79. The molecule has 1 aromatic carbocycles. The molecule has 0 saturated carbocycles. The van der Waals surface area contributed by atoms with Crippen molar-refractivity contribution < 1.29 is 4.79 Å². The van der Waals surface area contributed by atoms with Crippen LogP contribution in [0.3, 0.4) is 0 Å². The lowest BCUT2D eigenvalue weighted by Gasteiger charge is -2.36. The third-order valence-electron chi connectivity index (χ3n) is 6.58. The zero-order valence-corrected chi connectivity index (χ0v) is 18.3. The number of anilines is 2. The van der Waals surface area contributed by atoms with Crippen LogP contribution in [0.1, 0.15) is 75.0 Å². The molecule has 2 aromatic rings. The van der Waals surface area contributed by atoms with Crippen LogP contribution in [-0.2, 0) is 4.79 Å². The fraction of sp³-hybridized carbons (Fsp3) is 0.500. The highest BCUT2D eigenvalue weighted by Crippen LogP contribution is 2.39. The van der Waals surface area contributed by atoms with E-state index >= 15 is 0 Å². The first kappa shape index (κ1) is 21.1. The Kier molecular flexibility index (Phi) is 5.81. The minimum atomic E-state index is -0.982. The number of fused-ring (bicyclic) bond motifs is 1. The maximum absolute atomic E-state index is 13.3. The average molecular weight is 420 g/mol. The number of benzene rings is 1. The molecule has 3 atom stereocenters. The summed E-state index contributed by atoms with van der Waals surface area (Å²) in [6.07, 6.45) is 4.24. The fourth-order valence-electron chi connectivity index (χ4n) is 4.79. The molecule has 7 nitrogen and oxygen atoms in total. The first-order valence-electron chi connectivity index (χ1n) is 11.2. The third kappa shape index (κ3) is 3.83. The van der Waals surface area contributed by atoms with Gasteiger partial charge in [0.1, 0.15) is 11.7 Å². The quantitative estimate of drug-likeness (QED) is 0.783. The van der Waals surface area contributed by atoms with Gasteiger partial charge in [-0.2, -0.15) is 10.2 Å². The maximum Gasteiger partial charge on any atom is 0.258 e. The van der Waals surface area contributed by atoms with Crippen LogP contribution < -0.4 is 15.8 Å². The molecule has 2 aliphatic heterocycles. The second-order valence-corrected chi connectivity index (χ2v) is 8.80. The second kappa shape index (κ2) is 8.54. The van der Waals surface area contributed by atoms with E-state index in [0.717, 1.165) is 36.9 Å². The van der Waals surface area contributed by atoms with Crippen LogP contribution in [0.15, 0.2) is 29.1 Å². The summed E-state index contributed by atoms with van der Waals surface area (Å²) in [4.78, 5) is 35.8. The van der Waals surface area contributed by atoms with E-state index in [-0.39, 0.29) is 11.4 Å². The van der Waals surface area contributed by atoms with Gasteiger partial charge in [-0.05, 0) is 42.7 Å². The number of hydrogen-bond acceptors (Lipinski definition) is 5. The summed E-state index contributed by atoms with van der Waals surface area (Å²) in [7, 11) is 0. The van der Waals surface area contributed by atoms with Gasteiger partial charge in [-0.3, -0.25) is 14.6 Å². The number of nitrogens with zero attached hydrogens (tertiary/aromatic N) is 3. The molecule has 162 valence electrons. The molecule has 31 heavy (non-hydrogen) atoms. The number of piperidine rings is 1. The lowest BCUT2D eigenvalue weighted by Crippen LogP contribution is -2.43. The van der Waals surface area contributed by atoms with Crippen molar-refractivity contribution in [3.63, 3.8) is 0 Å². The van der Waals surface area contributed by atoms with Crippen molar-refractivity contribution in [3.05, 3.63) is 51.3 Å². The summed E-state index contributed by atoms with van der Waals surface area (Å²) in [5.41, 5.74) is 2.00. The van der Waals surface area contributed by atoms with Gasteiger partial charge in [0.05, 0.1) is 11.6 Å². The minimum absolute atomic E-state index is 0.272. The van der Waals surface area contributed by atoms with Crippen LogP contribution in [-0.4, -0.2) is 28.5 Å². The first-order chi connectivity index (χ1) is 14.9. The van der Waals surface area contributed by atoms with E-state index in [9.17, 15) is 14.9 Å². The Balaban J connectivity index is 1.81. The van der Waals surface area contributed by atoms with Gasteiger partial charge in [-0.25, -0.2) is 0 Å². The number of carbonyl (C=O) groups excluding carboxylic acids is 1. The molecule has 1 amide bonds. The van der Waals surface area contributed by atoms with Crippen LogP contribution in [0.25, 0.3) is 0 Å². The standard InChI is InChI=1S/C24H29N5O2/c1-4-17-7-5-6-12-29(17)24-27-21-20(23(31)28-24)19(18(13-25)22(30)26-21)16-10-8-15(9-11-16)14(2)3/h8-11,14,17-19H,4-7,12H2,1-3H3,(H2,26,27,28,30,31). The van der Waals surface area contributed by atoms with Crippen LogP contribution in [0.5, 0.6) is 0 Å². The van der Waals surface area contributed by atoms with Crippen LogP contribution >= 0.6 is 0 Å². The number of rotatable bonds is 4. The highest BCUT2D eigenvalue weighted by molar-refractivity contribution is 5.98. The summed E-state index contributed by atoms with van der Waals surface area (Å²) in [5, 5.41) is 12.5. The average Bonchev–Trinajstić information content (AvgIpc) is 2.78. The molecule has 7 heteroatoms. The SMILES string of the molecule is CCC1CCCCN1c1nc2c(c(=O)[nH]1)C(c1ccc(C(C)C)cc1)C(C#N)C(=O)N2. The molecule has 3 heterocycles. The maximum atomic E-state index is 13.3. The summed E-state index contributed by atoms with van der Waals surface area (Å²) in [6.45, 7) is 7.18. The van der Waals surface area contributed by atoms with Crippen molar-refractivity contribution in [1.29, 1.82) is 5.26 Å². The summed E-state index contributed by atoms with van der Waals surface area (Å²) >= 11 is 0. The molecule has 0 spiro atoms. The van der Waals surface area contributed by atoms with E-state index < -0.39 is 17.7 Å². The predicted octanol–water partition coefficient (Wildman–Crippen LogP) is 3.89. The molecule has 2 N–H and O–H groups in total. The van der Waals surface area contributed by atoms with E-state index in [0.29, 0.717) is 23.5 Å². The highest BCUT2D eigenvalue weighted by Gasteiger charge is 2.40. The molecule has 2 aliphatic rings. The van der Waals surface area contributed by atoms with Crippen molar-refractivity contribution in [3.8, 4) is 6.07 Å². The number of hydrogen-bond donors (Lipinski definition) is 2. The number of carbonyl (C=O) groups is 1. The zero-order valence-electron chi connectivity index (χ0n) is 18.3. The Bertz CT molecular complexity index is 1070. The molecule has 0 aliphatic carbocycles. The molecule has 0 radical (unpaired) electrons. The number of H-pyrrole nitrogens is 1. The van der Waals surface area contributed by atoms with Crippen LogP contribution in [0.4, 0.5) is 11.8 Å². The number of amides is 1. The Labute approximate surface area is 182 Å². The van der Waals surface area contributed by atoms with Crippen LogP contribution in [0, 0.1) is 17.2 Å². The van der Waals surface area contributed by atoms with Crippen LogP contribution in [0.2, 0.25) is 0 Å². The van der Waals surface area contributed by atoms with Gasteiger partial charge >= 0.3 is 0 Å². The highest BCUT2D eigenvalue weighted by atomic mass is 16.2. The number of aromatic amines is 1. The van der Waals surface area contributed by atoms with Gasteiger partial charge in [0, 0.05) is 18.5 Å². The van der Waals surface area contributed by atoms with Gasteiger partial charge in [0.15, 0.2) is 0 Å². The van der Waals surface area contributed by atoms with E-state index in [1.165, 1.54) is 6.42 Å². The molecule has 4 rings (SSSR count). The third-order valence-corrected chi connectivity index (χ3v) is 6.58. The van der Waals surface area contributed by atoms with Gasteiger partial charge < -0.3 is 10.2 Å². The lowest BCUT2D eigenvalue weighted by molar-refractivity contribution is -0.119. The van der Waals surface area contributed by atoms with Crippen molar-refractivity contribution in [2.24, 2.45) is 5.92 Å². The molecule has 1 saturated heterocycles. The predicted molar refractivity (Wildman–Crippen MR) is 120 cm³/mol. The normalized spacial score (nSPS) is 23.3. The molecular weight excluding hydrogens is 390 g/mol. The van der Waals surface area contributed by atoms with E-state index in [1.807, 2.05) is 24.3 Å². The van der Waals surface area contributed by atoms with Gasteiger partial charge in [-0.15, -0.1) is 0 Å². The van der Waals surface area contributed by atoms with E-state index in [4.69, 9.17) is 0 Å². The van der Waals surface area contributed by atoms with Gasteiger partial charge in [-0.1, -0.05) is 45.0 Å². The molecule has 1 aromatic heterocycles. The molecule has 1 fully saturated rings. The van der Waals surface area contributed by atoms with Crippen molar-refractivity contribution in [1.82, 2.24) is 9.97 Å². The molecular formula is C24H29N5O2. The summed E-state index contributed by atoms with van der Waals surface area (Å²) < 4.78 is 0. The minimum Gasteiger partial charge on any atom is -0.339 e. The lowest BCUT2D eigenvalue weighted by atomic mass is 9.79. The topological polar surface area (TPSA) is 102 Å². The number of aromatic nitrogens is 2. The molecule has 3 unspecified atom stereocenters. The van der Waals surface area contributed by atoms with Crippen molar-refractivity contribution in [2.75, 3.05) is 16.8 Å². The van der Waals surface area contributed by atoms with E-state index in [2.05, 4.69) is 47.0 Å². The summed E-state index contributed by atoms with van der Waals surface area (Å²) in [5.74, 6) is -0.907. The Morgan fingerprint density at radius 2 is 1.97 bits per heavy atom. The Morgan fingerprint density at radius 1 is 1.23 bits per heavy atom. The zero-order chi connectivity index (χ0) is 22.1. The van der Waals surface area contributed by atoms with Crippen molar-refractivity contribution in [2.45, 2.75) is 64.3 Å². The summed E-state index contributed by atoms with van der Waals surface area (Å²) in [6, 6.07) is 10.2. The Morgan fingerprint density at radius 3 is 2.61 bits per heavy atom.